The van der Waals surface area contributed by atoms with E-state index in [1.807, 2.05) is 26.8 Å². The first-order valence-corrected chi connectivity index (χ1v) is 7.31. The van der Waals surface area contributed by atoms with Crippen molar-refractivity contribution in [1.29, 1.82) is 0 Å². The summed E-state index contributed by atoms with van der Waals surface area (Å²) in [5, 5.41) is 3.27. The predicted molar refractivity (Wildman–Crippen MR) is 78.3 cm³/mol. The summed E-state index contributed by atoms with van der Waals surface area (Å²) in [4.78, 5) is 0. The van der Waals surface area contributed by atoms with Gasteiger partial charge in [-0.1, -0.05) is 13.0 Å². The standard InChI is InChI=1S/C16H24F3NO/c1-4-6-20-14(5-7-21-10-15(18)19)16-12(3)8-11(2)9-13(16)17/h8-9,14-15,20H,4-7,10H2,1-3H3. The van der Waals surface area contributed by atoms with Crippen LogP contribution in [0.3, 0.4) is 0 Å². The molecule has 21 heavy (non-hydrogen) atoms. The predicted octanol–water partition coefficient (Wildman–Crippen LogP) is 4.16. The van der Waals surface area contributed by atoms with Crippen molar-refractivity contribution in [2.75, 3.05) is 19.8 Å². The highest BCUT2D eigenvalue weighted by Gasteiger charge is 2.18. The summed E-state index contributed by atoms with van der Waals surface area (Å²) in [6.07, 6.45) is -1.08. The molecule has 0 saturated heterocycles. The Morgan fingerprint density at radius 1 is 1.24 bits per heavy atom. The molecular weight excluding hydrogens is 279 g/mol. The summed E-state index contributed by atoms with van der Waals surface area (Å²) in [6.45, 7) is 6.09. The first-order chi connectivity index (χ1) is 9.95. The quantitative estimate of drug-likeness (QED) is 0.692. The Balaban J connectivity index is 2.77. The van der Waals surface area contributed by atoms with Crippen LogP contribution in [0.1, 0.15) is 42.5 Å². The summed E-state index contributed by atoms with van der Waals surface area (Å²) >= 11 is 0. The number of alkyl halides is 2. The fourth-order valence-electron chi connectivity index (χ4n) is 2.41. The molecule has 0 aliphatic rings. The summed E-state index contributed by atoms with van der Waals surface area (Å²) in [5.41, 5.74) is 2.35. The molecule has 1 atom stereocenters. The van der Waals surface area contributed by atoms with Crippen molar-refractivity contribution in [1.82, 2.24) is 5.32 Å². The SMILES string of the molecule is CCCNC(CCOCC(F)F)c1c(C)cc(C)cc1F. The number of ether oxygens (including phenoxy) is 1. The summed E-state index contributed by atoms with van der Waals surface area (Å²) in [5.74, 6) is -0.255. The Kier molecular flexibility index (Phi) is 7.75. The van der Waals surface area contributed by atoms with E-state index < -0.39 is 13.0 Å². The third kappa shape index (κ3) is 6.06. The van der Waals surface area contributed by atoms with Crippen molar-refractivity contribution in [3.63, 3.8) is 0 Å². The van der Waals surface area contributed by atoms with Gasteiger partial charge in [-0.3, -0.25) is 0 Å². The van der Waals surface area contributed by atoms with Gasteiger partial charge in [0.15, 0.2) is 0 Å². The van der Waals surface area contributed by atoms with E-state index in [4.69, 9.17) is 4.74 Å². The lowest BCUT2D eigenvalue weighted by molar-refractivity contribution is 0.0142. The second-order valence-electron chi connectivity index (χ2n) is 5.24. The van der Waals surface area contributed by atoms with E-state index in [9.17, 15) is 13.2 Å². The number of benzene rings is 1. The molecule has 0 aliphatic heterocycles. The molecule has 1 N–H and O–H groups in total. The Morgan fingerprint density at radius 2 is 1.95 bits per heavy atom. The minimum Gasteiger partial charge on any atom is -0.375 e. The fourth-order valence-corrected chi connectivity index (χ4v) is 2.41. The molecule has 0 heterocycles. The van der Waals surface area contributed by atoms with E-state index in [0.29, 0.717) is 12.0 Å². The van der Waals surface area contributed by atoms with Crippen molar-refractivity contribution < 1.29 is 17.9 Å². The summed E-state index contributed by atoms with van der Waals surface area (Å²) < 4.78 is 43.3. The van der Waals surface area contributed by atoms with Gasteiger partial charge in [0, 0.05) is 18.2 Å². The highest BCUT2D eigenvalue weighted by Crippen LogP contribution is 2.25. The van der Waals surface area contributed by atoms with Gasteiger partial charge in [-0.05, 0) is 50.4 Å². The van der Waals surface area contributed by atoms with Crippen LogP contribution in [0.25, 0.3) is 0 Å². The molecule has 0 fully saturated rings. The maximum absolute atomic E-state index is 14.2. The summed E-state index contributed by atoms with van der Waals surface area (Å²) in [6, 6.07) is 3.21. The molecule has 1 aromatic carbocycles. The number of halogens is 3. The molecule has 0 amide bonds. The normalized spacial score (nSPS) is 12.9. The maximum atomic E-state index is 14.2. The van der Waals surface area contributed by atoms with Crippen LogP contribution in [-0.2, 0) is 4.74 Å². The molecule has 120 valence electrons. The van der Waals surface area contributed by atoms with E-state index in [0.717, 1.165) is 24.1 Å². The lowest BCUT2D eigenvalue weighted by atomic mass is 9.96. The van der Waals surface area contributed by atoms with Gasteiger partial charge in [0.05, 0.1) is 0 Å². The number of hydrogen-bond acceptors (Lipinski definition) is 2. The smallest absolute Gasteiger partial charge is 0.261 e. The minimum atomic E-state index is -2.47. The van der Waals surface area contributed by atoms with Crippen molar-refractivity contribution in [2.24, 2.45) is 0 Å². The van der Waals surface area contributed by atoms with Crippen molar-refractivity contribution in [3.05, 3.63) is 34.6 Å². The summed E-state index contributed by atoms with van der Waals surface area (Å²) in [7, 11) is 0. The van der Waals surface area contributed by atoms with Gasteiger partial charge in [0.25, 0.3) is 6.43 Å². The third-order valence-corrected chi connectivity index (χ3v) is 3.26. The Labute approximate surface area is 124 Å². The van der Waals surface area contributed by atoms with Gasteiger partial charge in [0.1, 0.15) is 12.4 Å². The van der Waals surface area contributed by atoms with Gasteiger partial charge < -0.3 is 10.1 Å². The topological polar surface area (TPSA) is 21.3 Å². The zero-order valence-corrected chi connectivity index (χ0v) is 12.9. The lowest BCUT2D eigenvalue weighted by Crippen LogP contribution is -2.25. The molecule has 0 spiro atoms. The highest BCUT2D eigenvalue weighted by atomic mass is 19.3. The molecule has 1 unspecified atom stereocenters. The van der Waals surface area contributed by atoms with E-state index in [1.165, 1.54) is 6.07 Å². The van der Waals surface area contributed by atoms with Gasteiger partial charge in [-0.2, -0.15) is 0 Å². The Morgan fingerprint density at radius 3 is 2.52 bits per heavy atom. The fraction of sp³-hybridized carbons (Fsp3) is 0.625. The molecule has 5 heteroatoms. The molecule has 0 radical (unpaired) electrons. The molecule has 1 aromatic rings. The second-order valence-corrected chi connectivity index (χ2v) is 5.24. The largest absolute Gasteiger partial charge is 0.375 e. The Hall–Kier alpha value is -1.07. The number of hydrogen-bond donors (Lipinski definition) is 1. The van der Waals surface area contributed by atoms with Crippen LogP contribution in [0.15, 0.2) is 12.1 Å². The zero-order valence-electron chi connectivity index (χ0n) is 12.9. The maximum Gasteiger partial charge on any atom is 0.261 e. The van der Waals surface area contributed by atoms with Crippen molar-refractivity contribution in [3.8, 4) is 0 Å². The monoisotopic (exact) mass is 303 g/mol. The Bertz CT molecular complexity index is 415. The van der Waals surface area contributed by atoms with Crippen LogP contribution in [0, 0.1) is 19.7 Å². The van der Waals surface area contributed by atoms with Crippen LogP contribution in [-0.4, -0.2) is 26.2 Å². The van der Waals surface area contributed by atoms with Crippen LogP contribution in [0.4, 0.5) is 13.2 Å². The molecule has 2 nitrogen and oxygen atoms in total. The van der Waals surface area contributed by atoms with Crippen molar-refractivity contribution in [2.45, 2.75) is 46.1 Å². The molecule has 1 rings (SSSR count). The second kappa shape index (κ2) is 9.05. The van der Waals surface area contributed by atoms with Crippen LogP contribution in [0.2, 0.25) is 0 Å². The van der Waals surface area contributed by atoms with E-state index in [-0.39, 0.29) is 18.5 Å². The van der Waals surface area contributed by atoms with Crippen LogP contribution >= 0.6 is 0 Å². The zero-order chi connectivity index (χ0) is 15.8. The first-order valence-electron chi connectivity index (χ1n) is 7.31. The average molecular weight is 303 g/mol. The van der Waals surface area contributed by atoms with E-state index >= 15 is 0 Å². The van der Waals surface area contributed by atoms with Crippen LogP contribution < -0.4 is 5.32 Å². The van der Waals surface area contributed by atoms with Crippen molar-refractivity contribution >= 4 is 0 Å². The minimum absolute atomic E-state index is 0.179. The number of nitrogens with one attached hydrogen (secondary N) is 1. The highest BCUT2D eigenvalue weighted by molar-refractivity contribution is 5.34. The third-order valence-electron chi connectivity index (χ3n) is 3.26. The molecule has 0 saturated carbocycles. The van der Waals surface area contributed by atoms with Gasteiger partial charge in [0.2, 0.25) is 0 Å². The first kappa shape index (κ1) is 18.0. The van der Waals surface area contributed by atoms with Gasteiger partial charge in [-0.25, -0.2) is 13.2 Å². The van der Waals surface area contributed by atoms with E-state index in [2.05, 4.69) is 5.32 Å². The molecular formula is C16H24F3NO. The number of aryl methyl sites for hydroxylation is 2. The van der Waals surface area contributed by atoms with Gasteiger partial charge >= 0.3 is 0 Å². The molecule has 0 aromatic heterocycles. The lowest BCUT2D eigenvalue weighted by Gasteiger charge is -2.22. The molecule has 0 aliphatic carbocycles. The van der Waals surface area contributed by atoms with Gasteiger partial charge in [-0.15, -0.1) is 0 Å². The number of rotatable bonds is 9. The molecule has 0 bridgehead atoms. The van der Waals surface area contributed by atoms with E-state index in [1.54, 1.807) is 0 Å². The van der Waals surface area contributed by atoms with Crippen LogP contribution in [0.5, 0.6) is 0 Å². The average Bonchev–Trinajstić information content (AvgIpc) is 2.38.